The number of benzene rings is 1. The molecule has 152 valence electrons. The number of aromatic nitrogens is 2. The van der Waals surface area contributed by atoms with E-state index in [-0.39, 0.29) is 23.0 Å². The molecule has 1 aliphatic heterocycles. The van der Waals surface area contributed by atoms with Crippen LogP contribution in [0.4, 0.5) is 17.4 Å². The topological polar surface area (TPSA) is 110 Å². The second-order valence-electron chi connectivity index (χ2n) is 6.78. The number of aliphatic imine (C=N–C) groups is 1. The largest absolute Gasteiger partial charge is 0.504 e. The summed E-state index contributed by atoms with van der Waals surface area (Å²) in [7, 11) is 1.24. The fraction of sp³-hybridized carbons (Fsp3) is 0.0435. The van der Waals surface area contributed by atoms with Crippen LogP contribution in [-0.2, 0) is 4.74 Å². The fourth-order valence-electron chi connectivity index (χ4n) is 3.38. The van der Waals surface area contributed by atoms with Crippen molar-refractivity contribution < 1.29 is 19.1 Å². The van der Waals surface area contributed by atoms with Gasteiger partial charge in [0.25, 0.3) is 0 Å². The molecule has 0 spiro atoms. The molecular formula is C23H16N4O4. The molecule has 4 aromatic rings. The highest BCUT2D eigenvalue weighted by Crippen LogP contribution is 2.39. The second kappa shape index (κ2) is 7.42. The molecule has 1 aromatic carbocycles. The molecule has 0 aliphatic carbocycles. The number of nitrogens with one attached hydrogen (secondary N) is 1. The quantitative estimate of drug-likeness (QED) is 0.467. The van der Waals surface area contributed by atoms with Crippen molar-refractivity contribution in [2.75, 3.05) is 12.4 Å². The predicted molar refractivity (Wildman–Crippen MR) is 117 cm³/mol. The number of hydrogen-bond acceptors (Lipinski definition) is 8. The third-order valence-corrected chi connectivity index (χ3v) is 4.87. The minimum Gasteiger partial charge on any atom is -0.504 e. The van der Waals surface area contributed by atoms with E-state index >= 15 is 0 Å². The molecule has 0 radical (unpaired) electrons. The van der Waals surface area contributed by atoms with Crippen LogP contribution in [0.15, 0.2) is 64.3 Å². The summed E-state index contributed by atoms with van der Waals surface area (Å²) in [4.78, 5) is 25.1. The van der Waals surface area contributed by atoms with Crippen LogP contribution in [0.25, 0.3) is 22.6 Å². The fourth-order valence-corrected chi connectivity index (χ4v) is 3.38. The van der Waals surface area contributed by atoms with Gasteiger partial charge in [0.2, 0.25) is 5.88 Å². The van der Waals surface area contributed by atoms with E-state index in [1.807, 2.05) is 30.3 Å². The third-order valence-electron chi connectivity index (χ3n) is 4.87. The first kappa shape index (κ1) is 18.6. The van der Waals surface area contributed by atoms with Crippen LogP contribution in [0.3, 0.4) is 0 Å². The second-order valence-corrected chi connectivity index (χ2v) is 6.78. The third kappa shape index (κ3) is 3.29. The number of rotatable bonds is 4. The number of hydrogen-bond donors (Lipinski definition) is 2. The Balaban J connectivity index is 1.56. The van der Waals surface area contributed by atoms with E-state index in [1.54, 1.807) is 36.8 Å². The molecule has 0 bridgehead atoms. The zero-order valence-electron chi connectivity index (χ0n) is 16.4. The number of nitrogens with zero attached hydrogens (tertiary/aromatic N) is 3. The van der Waals surface area contributed by atoms with Gasteiger partial charge in [-0.25, -0.2) is 14.8 Å². The Labute approximate surface area is 176 Å². The van der Waals surface area contributed by atoms with Crippen LogP contribution in [0, 0.1) is 0 Å². The summed E-state index contributed by atoms with van der Waals surface area (Å²) in [6.45, 7) is 0. The molecular weight excluding hydrogens is 396 g/mol. The molecule has 0 saturated carbocycles. The maximum atomic E-state index is 12.4. The van der Waals surface area contributed by atoms with Crippen molar-refractivity contribution in [3.05, 3.63) is 71.7 Å². The standard InChI is InChI=1S/C23H16N4O4/c1-30-23(29)19-20(28)18(11-14-12-26-21-16(14)5-3-9-25-21)31-22(19)27-15-6-7-17-13(10-15)4-2-8-24-17/h2-12,27-28H,1H3. The smallest absolute Gasteiger partial charge is 0.347 e. The molecule has 0 unspecified atom stereocenters. The summed E-state index contributed by atoms with van der Waals surface area (Å²) in [6, 6.07) is 12.9. The Morgan fingerprint density at radius 2 is 2.00 bits per heavy atom. The predicted octanol–water partition coefficient (Wildman–Crippen LogP) is 4.72. The number of pyridine rings is 2. The van der Waals surface area contributed by atoms with Crippen molar-refractivity contribution in [3.63, 3.8) is 0 Å². The zero-order chi connectivity index (χ0) is 21.4. The van der Waals surface area contributed by atoms with Crippen LogP contribution in [0.2, 0.25) is 0 Å². The van der Waals surface area contributed by atoms with Crippen LogP contribution < -0.4 is 5.32 Å². The number of methoxy groups -OCH3 is 1. The number of carbonyl (C=O) groups excluding carboxylic acids is 1. The van der Waals surface area contributed by atoms with E-state index in [4.69, 9.17) is 9.15 Å². The number of anilines is 2. The number of furan rings is 1. The first-order valence-corrected chi connectivity index (χ1v) is 9.41. The van der Waals surface area contributed by atoms with Gasteiger partial charge in [-0.05, 0) is 42.5 Å². The summed E-state index contributed by atoms with van der Waals surface area (Å²) in [6.07, 6.45) is 6.60. The van der Waals surface area contributed by atoms with E-state index in [1.165, 1.54) is 7.11 Å². The molecule has 0 fully saturated rings. The molecule has 31 heavy (non-hydrogen) atoms. The summed E-state index contributed by atoms with van der Waals surface area (Å²) in [5, 5.41) is 14.7. The number of allylic oxidation sites excluding steroid dienone is 1. The number of ether oxygens (including phenoxy) is 1. The Morgan fingerprint density at radius 3 is 2.87 bits per heavy atom. The molecule has 3 aromatic heterocycles. The van der Waals surface area contributed by atoms with E-state index < -0.39 is 5.97 Å². The van der Waals surface area contributed by atoms with Gasteiger partial charge in [0, 0.05) is 40.8 Å². The maximum absolute atomic E-state index is 12.4. The van der Waals surface area contributed by atoms with Crippen molar-refractivity contribution in [3.8, 4) is 5.75 Å². The number of fused-ring (bicyclic) bond motifs is 2. The average Bonchev–Trinajstić information content (AvgIpc) is 3.34. The van der Waals surface area contributed by atoms with E-state index in [0.717, 1.165) is 16.5 Å². The highest BCUT2D eigenvalue weighted by molar-refractivity contribution is 6.21. The normalized spacial score (nSPS) is 13.5. The monoisotopic (exact) mass is 412 g/mol. The lowest BCUT2D eigenvalue weighted by molar-refractivity contribution is 0.0598. The van der Waals surface area contributed by atoms with Gasteiger partial charge in [-0.15, -0.1) is 0 Å². The van der Waals surface area contributed by atoms with Crippen molar-refractivity contribution in [2.24, 2.45) is 4.99 Å². The highest BCUT2D eigenvalue weighted by Gasteiger charge is 2.27. The summed E-state index contributed by atoms with van der Waals surface area (Å²) < 4.78 is 10.7. The van der Waals surface area contributed by atoms with Crippen molar-refractivity contribution in [1.29, 1.82) is 0 Å². The van der Waals surface area contributed by atoms with Crippen LogP contribution >= 0.6 is 0 Å². The highest BCUT2D eigenvalue weighted by atomic mass is 16.5. The summed E-state index contributed by atoms with van der Waals surface area (Å²) in [5.74, 6) is -0.298. The Bertz CT molecular complexity index is 1390. The first-order valence-electron chi connectivity index (χ1n) is 9.41. The number of carbonyl (C=O) groups is 1. The molecule has 0 saturated heterocycles. The summed E-state index contributed by atoms with van der Waals surface area (Å²) >= 11 is 0. The van der Waals surface area contributed by atoms with Crippen molar-refractivity contribution >= 4 is 52.1 Å². The molecule has 0 amide bonds. The van der Waals surface area contributed by atoms with Crippen LogP contribution in [0.5, 0.6) is 5.75 Å². The molecule has 5 rings (SSSR count). The molecule has 2 N–H and O–H groups in total. The average molecular weight is 412 g/mol. The van der Waals surface area contributed by atoms with Gasteiger partial charge in [-0.3, -0.25) is 4.98 Å². The Morgan fingerprint density at radius 1 is 1.16 bits per heavy atom. The number of aromatic hydroxyl groups is 1. The number of esters is 1. The lowest BCUT2D eigenvalue weighted by atomic mass is 10.1. The Hall–Kier alpha value is -4.46. The van der Waals surface area contributed by atoms with Gasteiger partial charge in [0.15, 0.2) is 22.9 Å². The van der Waals surface area contributed by atoms with Crippen LogP contribution in [-0.4, -0.2) is 34.4 Å². The molecule has 4 heterocycles. The minimum atomic E-state index is -0.724. The van der Waals surface area contributed by atoms with Gasteiger partial charge in [0.05, 0.1) is 12.6 Å². The van der Waals surface area contributed by atoms with Gasteiger partial charge in [0.1, 0.15) is 0 Å². The lowest BCUT2D eigenvalue weighted by Gasteiger charge is -2.06. The lowest BCUT2D eigenvalue weighted by Crippen LogP contribution is -2.03. The van der Waals surface area contributed by atoms with Gasteiger partial charge >= 0.3 is 5.97 Å². The molecule has 8 nitrogen and oxygen atoms in total. The van der Waals surface area contributed by atoms with E-state index in [2.05, 4.69) is 20.3 Å². The first-order chi connectivity index (χ1) is 15.1. The van der Waals surface area contributed by atoms with Gasteiger partial charge in [-0.2, -0.15) is 0 Å². The minimum absolute atomic E-state index is 0.0702. The van der Waals surface area contributed by atoms with Gasteiger partial charge in [-0.1, -0.05) is 6.07 Å². The van der Waals surface area contributed by atoms with Crippen LogP contribution in [0.1, 0.15) is 21.7 Å². The van der Waals surface area contributed by atoms with Crippen molar-refractivity contribution in [1.82, 2.24) is 9.97 Å². The molecule has 0 atom stereocenters. The summed E-state index contributed by atoms with van der Waals surface area (Å²) in [5.41, 5.74) is 2.90. The molecule has 1 aliphatic rings. The zero-order valence-corrected chi connectivity index (χ0v) is 16.4. The van der Waals surface area contributed by atoms with Crippen molar-refractivity contribution in [2.45, 2.75) is 0 Å². The van der Waals surface area contributed by atoms with E-state index in [9.17, 15) is 9.90 Å². The van der Waals surface area contributed by atoms with Gasteiger partial charge < -0.3 is 19.6 Å². The SMILES string of the molecule is COC(=O)c1c(Nc2ccc3ncccc3c2)oc(C=C2C=Nc3ncccc32)c1O. The Kier molecular flexibility index (Phi) is 4.44. The molecule has 8 heteroatoms. The maximum Gasteiger partial charge on any atom is 0.347 e. The van der Waals surface area contributed by atoms with E-state index in [0.29, 0.717) is 17.1 Å².